The van der Waals surface area contributed by atoms with Crippen molar-refractivity contribution >= 4 is 5.91 Å². The van der Waals surface area contributed by atoms with Gasteiger partial charge in [0.25, 0.3) is 5.91 Å². The zero-order valence-corrected chi connectivity index (χ0v) is 14.9. The third kappa shape index (κ3) is 3.89. The van der Waals surface area contributed by atoms with E-state index in [0.717, 1.165) is 30.8 Å². The molecule has 1 atom stereocenters. The van der Waals surface area contributed by atoms with Crippen LogP contribution in [0.4, 0.5) is 4.39 Å². The minimum Gasteiger partial charge on any atom is -0.337 e. The summed E-state index contributed by atoms with van der Waals surface area (Å²) in [5.74, 6) is -0.0513. The van der Waals surface area contributed by atoms with Gasteiger partial charge in [-0.3, -0.25) is 14.9 Å². The summed E-state index contributed by atoms with van der Waals surface area (Å²) in [7, 11) is 0. The van der Waals surface area contributed by atoms with Gasteiger partial charge in [-0.15, -0.1) is 0 Å². The number of likely N-dealkylation sites (tertiary alicyclic amines) is 1. The van der Waals surface area contributed by atoms with E-state index in [1.165, 1.54) is 6.07 Å². The highest BCUT2D eigenvalue weighted by atomic mass is 19.1. The summed E-state index contributed by atoms with van der Waals surface area (Å²) in [6.07, 6.45) is 3.97. The van der Waals surface area contributed by atoms with Gasteiger partial charge in [0, 0.05) is 43.0 Å². The molecule has 4 rings (SSSR count). The topological polar surface area (TPSA) is 61.9 Å². The molecule has 5 nitrogen and oxygen atoms in total. The number of aromatic nitrogens is 3. The van der Waals surface area contributed by atoms with Gasteiger partial charge in [0.15, 0.2) is 0 Å². The number of benzene rings is 1. The van der Waals surface area contributed by atoms with E-state index >= 15 is 0 Å². The van der Waals surface area contributed by atoms with E-state index in [-0.39, 0.29) is 17.6 Å². The number of nitrogens with zero attached hydrogens (tertiary/aromatic N) is 3. The quantitative estimate of drug-likeness (QED) is 0.770. The summed E-state index contributed by atoms with van der Waals surface area (Å²) in [5, 5.41) is 6.60. The van der Waals surface area contributed by atoms with Crippen LogP contribution in [0.2, 0.25) is 0 Å². The standard InChI is InChI=1S/C21H21FN4O/c22-18-8-2-1-5-15(18)13-17-7-3-9-19(24-17)16-6-4-12-26(14-16)21(27)20-10-11-23-25-20/h1-3,5,7-11,16H,4,6,12-14H2,(H,23,25). The molecule has 1 unspecified atom stereocenters. The predicted octanol–water partition coefficient (Wildman–Crippen LogP) is 3.55. The van der Waals surface area contributed by atoms with Crippen molar-refractivity contribution in [1.29, 1.82) is 0 Å². The average Bonchev–Trinajstić information content (AvgIpc) is 3.24. The van der Waals surface area contributed by atoms with Gasteiger partial charge < -0.3 is 4.90 Å². The van der Waals surface area contributed by atoms with Crippen molar-refractivity contribution in [1.82, 2.24) is 20.1 Å². The van der Waals surface area contributed by atoms with E-state index in [1.54, 1.807) is 24.4 Å². The summed E-state index contributed by atoms with van der Waals surface area (Å²) >= 11 is 0. The molecule has 0 saturated carbocycles. The van der Waals surface area contributed by atoms with E-state index < -0.39 is 0 Å². The Morgan fingerprint density at radius 2 is 2.07 bits per heavy atom. The molecule has 0 radical (unpaired) electrons. The molecule has 6 heteroatoms. The van der Waals surface area contributed by atoms with Crippen LogP contribution in [0.3, 0.4) is 0 Å². The summed E-state index contributed by atoms with van der Waals surface area (Å²) in [5.41, 5.74) is 2.96. The molecule has 2 aromatic heterocycles. The summed E-state index contributed by atoms with van der Waals surface area (Å²) in [6.45, 7) is 1.37. The van der Waals surface area contributed by atoms with Gasteiger partial charge in [-0.2, -0.15) is 5.10 Å². The van der Waals surface area contributed by atoms with Gasteiger partial charge in [-0.1, -0.05) is 24.3 Å². The zero-order chi connectivity index (χ0) is 18.6. The molecule has 3 aromatic rings. The monoisotopic (exact) mass is 364 g/mol. The number of hydrogen-bond acceptors (Lipinski definition) is 3. The number of amides is 1. The Morgan fingerprint density at radius 1 is 1.19 bits per heavy atom. The number of nitrogens with one attached hydrogen (secondary N) is 1. The van der Waals surface area contributed by atoms with E-state index in [9.17, 15) is 9.18 Å². The Kier molecular flexibility index (Phi) is 4.96. The van der Waals surface area contributed by atoms with Crippen LogP contribution in [0.25, 0.3) is 0 Å². The maximum absolute atomic E-state index is 13.9. The van der Waals surface area contributed by atoms with Gasteiger partial charge in [0.2, 0.25) is 0 Å². The predicted molar refractivity (Wildman–Crippen MR) is 99.9 cm³/mol. The van der Waals surface area contributed by atoms with Crippen molar-refractivity contribution in [3.63, 3.8) is 0 Å². The smallest absolute Gasteiger partial charge is 0.271 e. The van der Waals surface area contributed by atoms with Gasteiger partial charge in [-0.25, -0.2) is 4.39 Å². The van der Waals surface area contributed by atoms with Crippen LogP contribution >= 0.6 is 0 Å². The normalized spacial score (nSPS) is 17.1. The van der Waals surface area contributed by atoms with Crippen molar-refractivity contribution in [2.45, 2.75) is 25.2 Å². The molecule has 138 valence electrons. The number of piperidine rings is 1. The van der Waals surface area contributed by atoms with E-state index in [0.29, 0.717) is 24.2 Å². The number of aromatic amines is 1. The van der Waals surface area contributed by atoms with Crippen molar-refractivity contribution in [3.05, 3.63) is 83.2 Å². The lowest BCUT2D eigenvalue weighted by Gasteiger charge is -2.32. The SMILES string of the molecule is O=C(c1ccn[nH]1)N1CCCC(c2cccc(Cc3ccccc3F)n2)C1. The molecular formula is C21H21FN4O. The average molecular weight is 364 g/mol. The van der Waals surface area contributed by atoms with Crippen LogP contribution in [0.15, 0.2) is 54.7 Å². The number of halogens is 1. The molecule has 1 fully saturated rings. The Balaban J connectivity index is 1.50. The van der Waals surface area contributed by atoms with Crippen molar-refractivity contribution in [3.8, 4) is 0 Å². The molecule has 1 saturated heterocycles. The van der Waals surface area contributed by atoms with Crippen LogP contribution in [0, 0.1) is 5.82 Å². The third-order valence-corrected chi connectivity index (χ3v) is 5.02. The Bertz CT molecular complexity index is 925. The van der Waals surface area contributed by atoms with Gasteiger partial charge in [0.05, 0.1) is 0 Å². The maximum Gasteiger partial charge on any atom is 0.271 e. The molecule has 1 N–H and O–H groups in total. The van der Waals surface area contributed by atoms with Gasteiger partial charge >= 0.3 is 0 Å². The molecule has 1 aliphatic rings. The number of carbonyl (C=O) groups is 1. The first-order valence-corrected chi connectivity index (χ1v) is 9.18. The van der Waals surface area contributed by atoms with E-state index in [4.69, 9.17) is 4.98 Å². The van der Waals surface area contributed by atoms with E-state index in [1.807, 2.05) is 29.2 Å². The first kappa shape index (κ1) is 17.4. The highest BCUT2D eigenvalue weighted by Crippen LogP contribution is 2.27. The molecular weight excluding hydrogens is 343 g/mol. The fourth-order valence-electron chi connectivity index (χ4n) is 3.61. The number of pyridine rings is 1. The summed E-state index contributed by atoms with van der Waals surface area (Å²) in [4.78, 5) is 19.2. The lowest BCUT2D eigenvalue weighted by atomic mass is 9.93. The van der Waals surface area contributed by atoms with E-state index in [2.05, 4.69) is 10.2 Å². The van der Waals surface area contributed by atoms with Gasteiger partial charge in [-0.05, 0) is 42.7 Å². The fourth-order valence-corrected chi connectivity index (χ4v) is 3.61. The van der Waals surface area contributed by atoms with Crippen LogP contribution < -0.4 is 0 Å². The molecule has 3 heterocycles. The second-order valence-electron chi connectivity index (χ2n) is 6.88. The highest BCUT2D eigenvalue weighted by molar-refractivity contribution is 5.92. The molecule has 0 spiro atoms. The van der Waals surface area contributed by atoms with Crippen molar-refractivity contribution in [2.75, 3.05) is 13.1 Å². The largest absolute Gasteiger partial charge is 0.337 e. The van der Waals surface area contributed by atoms with Crippen LogP contribution in [-0.4, -0.2) is 39.1 Å². The Labute approximate surface area is 157 Å². The summed E-state index contributed by atoms with van der Waals surface area (Å²) in [6, 6.07) is 14.4. The first-order chi connectivity index (χ1) is 13.2. The summed E-state index contributed by atoms with van der Waals surface area (Å²) < 4.78 is 13.9. The number of rotatable bonds is 4. The number of H-pyrrole nitrogens is 1. The van der Waals surface area contributed by atoms with Crippen molar-refractivity contribution < 1.29 is 9.18 Å². The van der Waals surface area contributed by atoms with Crippen molar-refractivity contribution in [2.24, 2.45) is 0 Å². The Hall–Kier alpha value is -3.02. The van der Waals surface area contributed by atoms with Gasteiger partial charge in [0.1, 0.15) is 11.5 Å². The minimum absolute atomic E-state index is 0.0280. The molecule has 1 aromatic carbocycles. The fraction of sp³-hybridized carbons (Fsp3) is 0.286. The lowest BCUT2D eigenvalue weighted by molar-refractivity contribution is 0.0700. The molecule has 0 aliphatic carbocycles. The number of carbonyl (C=O) groups excluding carboxylic acids is 1. The molecule has 1 amide bonds. The first-order valence-electron chi connectivity index (χ1n) is 9.18. The second kappa shape index (κ2) is 7.70. The second-order valence-corrected chi connectivity index (χ2v) is 6.88. The number of hydrogen-bond donors (Lipinski definition) is 1. The lowest BCUT2D eigenvalue weighted by Crippen LogP contribution is -2.39. The zero-order valence-electron chi connectivity index (χ0n) is 14.9. The third-order valence-electron chi connectivity index (χ3n) is 5.02. The van der Waals surface area contributed by atoms with Crippen LogP contribution in [0.1, 0.15) is 46.2 Å². The van der Waals surface area contributed by atoms with Crippen LogP contribution in [-0.2, 0) is 6.42 Å². The Morgan fingerprint density at radius 3 is 2.89 bits per heavy atom. The highest BCUT2D eigenvalue weighted by Gasteiger charge is 2.27. The minimum atomic E-state index is -0.210. The maximum atomic E-state index is 13.9. The molecule has 1 aliphatic heterocycles. The molecule has 27 heavy (non-hydrogen) atoms. The van der Waals surface area contributed by atoms with Crippen LogP contribution in [0.5, 0.6) is 0 Å². The molecule has 0 bridgehead atoms.